The summed E-state index contributed by atoms with van der Waals surface area (Å²) < 4.78 is 0. The molecule has 1 aromatic carbocycles. The Morgan fingerprint density at radius 1 is 1.21 bits per heavy atom. The van der Waals surface area contributed by atoms with Gasteiger partial charge in [0.1, 0.15) is 0 Å². The quantitative estimate of drug-likeness (QED) is 0.902. The lowest BCUT2D eigenvalue weighted by atomic mass is 9.97. The van der Waals surface area contributed by atoms with Crippen molar-refractivity contribution in [3.63, 3.8) is 0 Å². The summed E-state index contributed by atoms with van der Waals surface area (Å²) >= 11 is 0. The Balaban J connectivity index is 2.03. The van der Waals surface area contributed by atoms with Crippen LogP contribution in [0.3, 0.4) is 0 Å². The minimum Gasteiger partial charge on any atom is -0.388 e. The van der Waals surface area contributed by atoms with Crippen molar-refractivity contribution >= 4 is 0 Å². The van der Waals surface area contributed by atoms with E-state index in [0.29, 0.717) is 6.04 Å². The van der Waals surface area contributed by atoms with Gasteiger partial charge in [0, 0.05) is 25.7 Å². The van der Waals surface area contributed by atoms with Gasteiger partial charge in [-0.15, -0.1) is 0 Å². The summed E-state index contributed by atoms with van der Waals surface area (Å²) in [5.41, 5.74) is 3.58. The minimum absolute atomic E-state index is 0.363. The Hall–Kier alpha value is -0.900. The van der Waals surface area contributed by atoms with E-state index in [1.165, 1.54) is 11.1 Å². The number of piperazine rings is 1. The lowest BCUT2D eigenvalue weighted by molar-refractivity contribution is 0.0634. The number of aryl methyl sites for hydroxylation is 2. The largest absolute Gasteiger partial charge is 0.388 e. The molecule has 1 fully saturated rings. The lowest BCUT2D eigenvalue weighted by Crippen LogP contribution is -2.50. The summed E-state index contributed by atoms with van der Waals surface area (Å²) in [7, 11) is 4.31. The summed E-state index contributed by atoms with van der Waals surface area (Å²) in [6.07, 6.45) is 0.446. The van der Waals surface area contributed by atoms with Crippen molar-refractivity contribution in [3.05, 3.63) is 34.9 Å². The fourth-order valence-corrected chi connectivity index (χ4v) is 2.72. The van der Waals surface area contributed by atoms with Crippen molar-refractivity contribution < 1.29 is 5.11 Å². The van der Waals surface area contributed by atoms with Gasteiger partial charge in [-0.2, -0.15) is 0 Å². The monoisotopic (exact) mass is 262 g/mol. The zero-order chi connectivity index (χ0) is 14.0. The second kappa shape index (κ2) is 6.04. The highest BCUT2D eigenvalue weighted by molar-refractivity contribution is 5.31. The van der Waals surface area contributed by atoms with Crippen LogP contribution in [0.1, 0.15) is 29.2 Å². The lowest BCUT2D eigenvalue weighted by Gasteiger charge is -2.38. The molecule has 19 heavy (non-hydrogen) atoms. The first-order valence-corrected chi connectivity index (χ1v) is 7.11. The molecule has 1 aliphatic rings. The summed E-state index contributed by atoms with van der Waals surface area (Å²) in [6.45, 7) is 7.45. The summed E-state index contributed by atoms with van der Waals surface area (Å²) in [4.78, 5) is 4.71. The number of aliphatic hydroxyl groups excluding tert-OH is 1. The Morgan fingerprint density at radius 2 is 1.95 bits per heavy atom. The van der Waals surface area contributed by atoms with E-state index in [4.69, 9.17) is 0 Å². The Labute approximate surface area is 116 Å². The summed E-state index contributed by atoms with van der Waals surface area (Å²) in [5.74, 6) is 0. The van der Waals surface area contributed by atoms with Gasteiger partial charge in [-0.25, -0.2) is 0 Å². The van der Waals surface area contributed by atoms with Crippen LogP contribution >= 0.6 is 0 Å². The molecule has 0 saturated carbocycles. The molecule has 1 saturated heterocycles. The first-order chi connectivity index (χ1) is 8.97. The molecule has 2 atom stereocenters. The number of likely N-dealkylation sites (N-methyl/N-ethyl adjacent to an activating group) is 2. The van der Waals surface area contributed by atoms with Gasteiger partial charge in [0.2, 0.25) is 0 Å². The number of benzene rings is 1. The van der Waals surface area contributed by atoms with Crippen LogP contribution in [0.2, 0.25) is 0 Å². The zero-order valence-electron chi connectivity index (χ0n) is 12.6. The van der Waals surface area contributed by atoms with E-state index in [2.05, 4.69) is 55.9 Å². The number of hydrogen-bond acceptors (Lipinski definition) is 3. The van der Waals surface area contributed by atoms with Gasteiger partial charge in [-0.05, 0) is 51.1 Å². The van der Waals surface area contributed by atoms with Crippen LogP contribution in [0.25, 0.3) is 0 Å². The molecule has 1 aromatic rings. The second-order valence-electron chi connectivity index (χ2n) is 5.99. The molecule has 0 spiro atoms. The topological polar surface area (TPSA) is 26.7 Å². The molecule has 2 rings (SSSR count). The number of rotatable bonds is 3. The van der Waals surface area contributed by atoms with Crippen LogP contribution in [0.4, 0.5) is 0 Å². The van der Waals surface area contributed by atoms with Gasteiger partial charge in [-0.3, -0.25) is 0 Å². The molecule has 0 radical (unpaired) electrons. The normalized spacial score (nSPS) is 23.5. The number of nitrogens with zero attached hydrogens (tertiary/aromatic N) is 2. The third-order valence-corrected chi connectivity index (χ3v) is 4.39. The van der Waals surface area contributed by atoms with E-state index in [1.54, 1.807) is 0 Å². The molecule has 1 aliphatic heterocycles. The maximum absolute atomic E-state index is 10.4. The first kappa shape index (κ1) is 14.5. The maximum Gasteiger partial charge on any atom is 0.0805 e. The first-order valence-electron chi connectivity index (χ1n) is 7.11. The Morgan fingerprint density at radius 3 is 2.63 bits per heavy atom. The highest BCUT2D eigenvalue weighted by atomic mass is 16.3. The molecule has 106 valence electrons. The third kappa shape index (κ3) is 3.56. The van der Waals surface area contributed by atoms with Crippen molar-refractivity contribution in [2.75, 3.05) is 33.7 Å². The number of aliphatic hydroxyl groups is 1. The molecular weight excluding hydrogens is 236 g/mol. The highest BCUT2D eigenvalue weighted by Crippen LogP contribution is 2.24. The van der Waals surface area contributed by atoms with Gasteiger partial charge in [-0.1, -0.05) is 18.2 Å². The Kier molecular flexibility index (Phi) is 4.61. The molecule has 2 unspecified atom stereocenters. The molecule has 0 aromatic heterocycles. The van der Waals surface area contributed by atoms with E-state index in [1.807, 2.05) is 0 Å². The summed E-state index contributed by atoms with van der Waals surface area (Å²) in [6, 6.07) is 6.71. The summed E-state index contributed by atoms with van der Waals surface area (Å²) in [5, 5.41) is 10.4. The van der Waals surface area contributed by atoms with Crippen molar-refractivity contribution in [1.82, 2.24) is 9.80 Å². The Bertz CT molecular complexity index is 433. The van der Waals surface area contributed by atoms with Crippen LogP contribution in [-0.4, -0.2) is 54.7 Å². The average molecular weight is 262 g/mol. The molecule has 3 nitrogen and oxygen atoms in total. The van der Waals surface area contributed by atoms with Crippen molar-refractivity contribution in [2.45, 2.75) is 32.4 Å². The van der Waals surface area contributed by atoms with E-state index >= 15 is 0 Å². The van der Waals surface area contributed by atoms with Crippen LogP contribution in [0.5, 0.6) is 0 Å². The molecule has 0 amide bonds. The van der Waals surface area contributed by atoms with Gasteiger partial charge in [0.15, 0.2) is 0 Å². The molecule has 1 N–H and O–H groups in total. The smallest absolute Gasteiger partial charge is 0.0805 e. The average Bonchev–Trinajstić information content (AvgIpc) is 2.37. The predicted octanol–water partition coefficient (Wildman–Crippen LogP) is 1.97. The van der Waals surface area contributed by atoms with E-state index in [0.717, 1.165) is 31.6 Å². The van der Waals surface area contributed by atoms with Crippen molar-refractivity contribution in [1.29, 1.82) is 0 Å². The van der Waals surface area contributed by atoms with Crippen molar-refractivity contribution in [3.8, 4) is 0 Å². The van der Waals surface area contributed by atoms with E-state index in [-0.39, 0.29) is 6.10 Å². The van der Waals surface area contributed by atoms with E-state index in [9.17, 15) is 5.11 Å². The predicted molar refractivity (Wildman–Crippen MR) is 79.4 cm³/mol. The van der Waals surface area contributed by atoms with Crippen LogP contribution in [0.15, 0.2) is 18.2 Å². The zero-order valence-corrected chi connectivity index (χ0v) is 12.6. The van der Waals surface area contributed by atoms with Crippen LogP contribution in [0, 0.1) is 13.8 Å². The van der Waals surface area contributed by atoms with Gasteiger partial charge in [0.05, 0.1) is 6.10 Å². The number of hydrogen-bond donors (Lipinski definition) is 1. The molecule has 1 heterocycles. The second-order valence-corrected chi connectivity index (χ2v) is 5.99. The fourth-order valence-electron chi connectivity index (χ4n) is 2.72. The third-order valence-electron chi connectivity index (χ3n) is 4.39. The fraction of sp³-hybridized carbons (Fsp3) is 0.625. The maximum atomic E-state index is 10.4. The molecule has 0 aliphatic carbocycles. The SMILES string of the molecule is Cc1ccc(C(O)CC2CN(C)CCN2C)cc1C. The van der Waals surface area contributed by atoms with Crippen LogP contribution < -0.4 is 0 Å². The van der Waals surface area contributed by atoms with E-state index < -0.39 is 0 Å². The minimum atomic E-state index is -0.363. The molecular formula is C16H26N2O. The molecule has 0 bridgehead atoms. The van der Waals surface area contributed by atoms with Gasteiger partial charge in [0.25, 0.3) is 0 Å². The highest BCUT2D eigenvalue weighted by Gasteiger charge is 2.25. The van der Waals surface area contributed by atoms with Gasteiger partial charge < -0.3 is 14.9 Å². The van der Waals surface area contributed by atoms with Crippen molar-refractivity contribution in [2.24, 2.45) is 0 Å². The van der Waals surface area contributed by atoms with Gasteiger partial charge >= 0.3 is 0 Å². The molecule has 3 heteroatoms. The van der Waals surface area contributed by atoms with Crippen LogP contribution in [-0.2, 0) is 0 Å². The standard InChI is InChI=1S/C16H26N2O/c1-12-5-6-14(9-13(12)2)16(19)10-15-11-17(3)7-8-18(15)4/h5-6,9,15-16,19H,7-8,10-11H2,1-4H3.